The van der Waals surface area contributed by atoms with Gasteiger partial charge in [-0.25, -0.2) is 0 Å². The summed E-state index contributed by atoms with van der Waals surface area (Å²) in [4.78, 5) is 10.9. The lowest BCUT2D eigenvalue weighted by molar-refractivity contribution is -0.143. The van der Waals surface area contributed by atoms with Crippen molar-refractivity contribution in [3.8, 4) is 0 Å². The van der Waals surface area contributed by atoms with Gasteiger partial charge in [-0.1, -0.05) is 25.1 Å². The van der Waals surface area contributed by atoms with E-state index in [9.17, 15) is 18.0 Å². The molecule has 0 amide bonds. The summed E-state index contributed by atoms with van der Waals surface area (Å²) in [5.41, 5.74) is 4.39. The van der Waals surface area contributed by atoms with E-state index in [-0.39, 0.29) is 5.92 Å². The number of nitrogens with two attached hydrogens (primary N) is 1. The standard InChI is InChI=1S/C16H22F3NO2/c1-11(8-9-15(2,20)14(21)22)6-7-12-4-3-5-13(10-12)16(17,18)19/h3-5,10-11H,6-9,20H2,1-2H3,(H,21,22). The molecule has 6 heteroatoms. The zero-order valence-electron chi connectivity index (χ0n) is 12.8. The molecule has 0 aliphatic heterocycles. The molecule has 22 heavy (non-hydrogen) atoms. The molecule has 0 aromatic heterocycles. The molecule has 1 rings (SSSR count). The Morgan fingerprint density at radius 2 is 1.95 bits per heavy atom. The predicted molar refractivity (Wildman–Crippen MR) is 78.4 cm³/mol. The van der Waals surface area contributed by atoms with Crippen LogP contribution in [0.25, 0.3) is 0 Å². The molecule has 0 saturated carbocycles. The highest BCUT2D eigenvalue weighted by atomic mass is 19.4. The second kappa shape index (κ2) is 7.13. The number of hydrogen-bond acceptors (Lipinski definition) is 2. The van der Waals surface area contributed by atoms with E-state index >= 15 is 0 Å². The third kappa shape index (κ3) is 5.67. The first-order valence-corrected chi connectivity index (χ1v) is 7.21. The van der Waals surface area contributed by atoms with E-state index in [0.29, 0.717) is 31.2 Å². The predicted octanol–water partition coefficient (Wildman–Crippen LogP) is 3.86. The van der Waals surface area contributed by atoms with E-state index in [0.717, 1.165) is 12.1 Å². The molecule has 0 fully saturated rings. The Kier molecular flexibility index (Phi) is 6.00. The molecule has 0 heterocycles. The minimum atomic E-state index is -4.33. The van der Waals surface area contributed by atoms with Gasteiger partial charge in [0.15, 0.2) is 0 Å². The van der Waals surface area contributed by atoms with Gasteiger partial charge in [0.25, 0.3) is 0 Å². The van der Waals surface area contributed by atoms with Gasteiger partial charge >= 0.3 is 12.1 Å². The molecule has 124 valence electrons. The summed E-state index contributed by atoms with van der Waals surface area (Å²) in [6.45, 7) is 3.42. The van der Waals surface area contributed by atoms with Crippen molar-refractivity contribution in [1.82, 2.24) is 0 Å². The minimum absolute atomic E-state index is 0.191. The van der Waals surface area contributed by atoms with Gasteiger partial charge in [0.05, 0.1) is 5.56 Å². The molecule has 2 atom stereocenters. The Hall–Kier alpha value is -1.56. The summed E-state index contributed by atoms with van der Waals surface area (Å²) < 4.78 is 37.9. The van der Waals surface area contributed by atoms with E-state index in [4.69, 9.17) is 10.8 Å². The smallest absolute Gasteiger partial charge is 0.416 e. The van der Waals surface area contributed by atoms with Crippen molar-refractivity contribution in [1.29, 1.82) is 0 Å². The molecule has 0 bridgehead atoms. The van der Waals surface area contributed by atoms with Gasteiger partial charge in [0.1, 0.15) is 5.54 Å². The lowest BCUT2D eigenvalue weighted by atomic mass is 9.89. The lowest BCUT2D eigenvalue weighted by Gasteiger charge is -2.21. The number of halogens is 3. The monoisotopic (exact) mass is 317 g/mol. The third-order valence-electron chi connectivity index (χ3n) is 3.83. The number of carboxylic acids is 1. The van der Waals surface area contributed by atoms with Crippen LogP contribution in [0.15, 0.2) is 24.3 Å². The van der Waals surface area contributed by atoms with Gasteiger partial charge in [-0.05, 0) is 50.2 Å². The van der Waals surface area contributed by atoms with Crippen LogP contribution < -0.4 is 5.73 Å². The first-order chi connectivity index (χ1) is 10.0. The highest BCUT2D eigenvalue weighted by Gasteiger charge is 2.30. The molecule has 2 unspecified atom stereocenters. The average Bonchev–Trinajstić information content (AvgIpc) is 2.42. The highest BCUT2D eigenvalue weighted by Crippen LogP contribution is 2.30. The maximum atomic E-state index is 12.6. The van der Waals surface area contributed by atoms with Crippen LogP contribution in [0.1, 0.15) is 44.2 Å². The fraction of sp³-hybridized carbons (Fsp3) is 0.562. The average molecular weight is 317 g/mol. The number of aryl methyl sites for hydroxylation is 1. The fourth-order valence-corrected chi connectivity index (χ4v) is 2.11. The Morgan fingerprint density at radius 1 is 1.32 bits per heavy atom. The van der Waals surface area contributed by atoms with Crippen molar-refractivity contribution >= 4 is 5.97 Å². The van der Waals surface area contributed by atoms with Gasteiger partial charge in [0, 0.05) is 0 Å². The third-order valence-corrected chi connectivity index (χ3v) is 3.83. The number of carboxylic acid groups (broad SMARTS) is 1. The number of carbonyl (C=O) groups is 1. The zero-order valence-corrected chi connectivity index (χ0v) is 12.8. The van der Waals surface area contributed by atoms with E-state index in [1.54, 1.807) is 6.07 Å². The number of hydrogen-bond donors (Lipinski definition) is 2. The first-order valence-electron chi connectivity index (χ1n) is 7.21. The second-order valence-corrected chi connectivity index (χ2v) is 6.10. The molecule has 0 spiro atoms. The van der Waals surface area contributed by atoms with Crippen molar-refractivity contribution < 1.29 is 23.1 Å². The van der Waals surface area contributed by atoms with Crippen molar-refractivity contribution in [3.63, 3.8) is 0 Å². The van der Waals surface area contributed by atoms with Crippen LogP contribution in [-0.4, -0.2) is 16.6 Å². The van der Waals surface area contributed by atoms with Gasteiger partial charge in [0.2, 0.25) is 0 Å². The summed E-state index contributed by atoms with van der Waals surface area (Å²) >= 11 is 0. The number of alkyl halides is 3. The molecule has 3 N–H and O–H groups in total. The van der Waals surface area contributed by atoms with Gasteiger partial charge in [-0.15, -0.1) is 0 Å². The van der Waals surface area contributed by atoms with Crippen LogP contribution in [0.4, 0.5) is 13.2 Å². The van der Waals surface area contributed by atoms with Crippen LogP contribution in [0.3, 0.4) is 0 Å². The van der Waals surface area contributed by atoms with Crippen molar-refractivity contribution in [2.24, 2.45) is 11.7 Å². The molecule has 1 aromatic carbocycles. The summed E-state index contributed by atoms with van der Waals surface area (Å²) in [5, 5.41) is 8.94. The second-order valence-electron chi connectivity index (χ2n) is 6.10. The lowest BCUT2D eigenvalue weighted by Crippen LogP contribution is -2.44. The van der Waals surface area contributed by atoms with Crippen LogP contribution >= 0.6 is 0 Å². The highest BCUT2D eigenvalue weighted by molar-refractivity contribution is 5.77. The first kappa shape index (κ1) is 18.5. The van der Waals surface area contributed by atoms with Gasteiger partial charge < -0.3 is 10.8 Å². The van der Waals surface area contributed by atoms with Gasteiger partial charge in [-0.3, -0.25) is 4.79 Å². The normalized spacial score (nSPS) is 16.1. The summed E-state index contributed by atoms with van der Waals surface area (Å²) in [5.74, 6) is -0.852. The Labute approximate surface area is 128 Å². The Balaban J connectivity index is 2.51. The van der Waals surface area contributed by atoms with Crippen LogP contribution in [0, 0.1) is 5.92 Å². The Morgan fingerprint density at radius 3 is 2.50 bits per heavy atom. The van der Waals surface area contributed by atoms with E-state index < -0.39 is 23.2 Å². The molecule has 0 radical (unpaired) electrons. The van der Waals surface area contributed by atoms with Gasteiger partial charge in [-0.2, -0.15) is 13.2 Å². The number of aliphatic carboxylic acids is 1. The molecule has 3 nitrogen and oxygen atoms in total. The molecule has 0 aliphatic carbocycles. The summed E-state index contributed by atoms with van der Waals surface area (Å²) in [6, 6.07) is 5.30. The largest absolute Gasteiger partial charge is 0.480 e. The van der Waals surface area contributed by atoms with Crippen LogP contribution in [-0.2, 0) is 17.4 Å². The van der Waals surface area contributed by atoms with E-state index in [1.807, 2.05) is 6.92 Å². The minimum Gasteiger partial charge on any atom is -0.480 e. The van der Waals surface area contributed by atoms with E-state index in [1.165, 1.54) is 13.0 Å². The number of benzene rings is 1. The molecule has 1 aromatic rings. The summed E-state index contributed by atoms with van der Waals surface area (Å²) in [7, 11) is 0. The van der Waals surface area contributed by atoms with Crippen LogP contribution in [0.5, 0.6) is 0 Å². The Bertz CT molecular complexity index is 512. The molecular formula is C16H22F3NO2. The zero-order chi connectivity index (χ0) is 17.0. The molecule has 0 saturated heterocycles. The van der Waals surface area contributed by atoms with Crippen molar-refractivity contribution in [3.05, 3.63) is 35.4 Å². The quantitative estimate of drug-likeness (QED) is 0.803. The van der Waals surface area contributed by atoms with Crippen molar-refractivity contribution in [2.75, 3.05) is 0 Å². The fourth-order valence-electron chi connectivity index (χ4n) is 2.11. The van der Waals surface area contributed by atoms with E-state index in [2.05, 4.69) is 0 Å². The number of rotatable bonds is 7. The summed E-state index contributed by atoms with van der Waals surface area (Å²) in [6.07, 6.45) is -2.15. The molecular weight excluding hydrogens is 295 g/mol. The van der Waals surface area contributed by atoms with Crippen molar-refractivity contribution in [2.45, 2.75) is 51.2 Å². The maximum Gasteiger partial charge on any atom is 0.416 e. The molecule has 0 aliphatic rings. The SMILES string of the molecule is CC(CCc1cccc(C(F)(F)F)c1)CCC(C)(N)C(=O)O. The van der Waals surface area contributed by atoms with Crippen LogP contribution in [0.2, 0.25) is 0 Å². The maximum absolute atomic E-state index is 12.6. The topological polar surface area (TPSA) is 63.3 Å².